The Morgan fingerprint density at radius 3 is 2.57 bits per heavy atom. The Kier molecular flexibility index (Phi) is 6.97. The van der Waals surface area contributed by atoms with Crippen LogP contribution in [0, 0.1) is 5.92 Å². The minimum atomic E-state index is 0.264. The molecule has 4 heteroatoms. The first-order valence-electron chi connectivity index (χ1n) is 8.71. The van der Waals surface area contributed by atoms with Crippen LogP contribution in [0.1, 0.15) is 51.9 Å². The molecular formula is C17H32N2O2. The van der Waals surface area contributed by atoms with Gasteiger partial charge in [-0.3, -0.25) is 4.79 Å². The Labute approximate surface area is 129 Å². The van der Waals surface area contributed by atoms with Crippen LogP contribution < -0.4 is 0 Å². The fraction of sp³-hybridized carbons (Fsp3) is 0.941. The highest BCUT2D eigenvalue weighted by Gasteiger charge is 2.24. The van der Waals surface area contributed by atoms with Gasteiger partial charge < -0.3 is 14.5 Å². The Hall–Kier alpha value is -0.610. The average molecular weight is 296 g/mol. The van der Waals surface area contributed by atoms with Crippen molar-refractivity contribution in [2.24, 2.45) is 5.92 Å². The van der Waals surface area contributed by atoms with Crippen LogP contribution in [-0.2, 0) is 9.53 Å². The molecule has 0 saturated carbocycles. The molecule has 1 atom stereocenters. The van der Waals surface area contributed by atoms with E-state index in [0.29, 0.717) is 13.0 Å². The second kappa shape index (κ2) is 8.74. The summed E-state index contributed by atoms with van der Waals surface area (Å²) in [6.45, 7) is 7.35. The minimum Gasteiger partial charge on any atom is -0.384 e. The van der Waals surface area contributed by atoms with E-state index in [9.17, 15) is 4.79 Å². The lowest BCUT2D eigenvalue weighted by molar-refractivity contribution is -0.133. The fourth-order valence-corrected chi connectivity index (χ4v) is 3.66. The van der Waals surface area contributed by atoms with E-state index in [1.165, 1.54) is 51.6 Å². The highest BCUT2D eigenvalue weighted by molar-refractivity contribution is 5.76. The van der Waals surface area contributed by atoms with Gasteiger partial charge in [0.15, 0.2) is 0 Å². The van der Waals surface area contributed by atoms with Crippen molar-refractivity contribution in [3.8, 4) is 0 Å². The molecular weight excluding hydrogens is 264 g/mol. The average Bonchev–Trinajstić information content (AvgIpc) is 2.52. The molecule has 2 heterocycles. The van der Waals surface area contributed by atoms with E-state index in [2.05, 4.69) is 11.8 Å². The monoisotopic (exact) mass is 296 g/mol. The topological polar surface area (TPSA) is 32.8 Å². The lowest BCUT2D eigenvalue weighted by Gasteiger charge is -2.36. The van der Waals surface area contributed by atoms with E-state index in [0.717, 1.165) is 25.0 Å². The summed E-state index contributed by atoms with van der Waals surface area (Å²) in [5.74, 6) is 1.07. The van der Waals surface area contributed by atoms with Crippen LogP contribution in [-0.4, -0.2) is 61.6 Å². The first-order chi connectivity index (χ1) is 10.2. The molecule has 0 N–H and O–H groups in total. The normalized spacial score (nSPS) is 25.2. The van der Waals surface area contributed by atoms with Crippen LogP contribution >= 0.6 is 0 Å². The first-order valence-corrected chi connectivity index (χ1v) is 8.71. The van der Waals surface area contributed by atoms with E-state index in [1.54, 1.807) is 7.11 Å². The predicted molar refractivity (Wildman–Crippen MR) is 85.3 cm³/mol. The molecule has 0 aliphatic carbocycles. The highest BCUT2D eigenvalue weighted by atomic mass is 16.5. The molecule has 0 aromatic carbocycles. The molecule has 1 amide bonds. The molecule has 2 aliphatic rings. The third kappa shape index (κ3) is 5.26. The zero-order chi connectivity index (χ0) is 15.1. The van der Waals surface area contributed by atoms with Gasteiger partial charge in [-0.05, 0) is 58.0 Å². The van der Waals surface area contributed by atoms with E-state index < -0.39 is 0 Å². The number of carbonyl (C=O) groups excluding carboxylic acids is 1. The maximum Gasteiger partial charge on any atom is 0.224 e. The van der Waals surface area contributed by atoms with E-state index in [-0.39, 0.29) is 5.91 Å². The molecule has 2 rings (SSSR count). The largest absolute Gasteiger partial charge is 0.384 e. The molecule has 2 aliphatic heterocycles. The number of likely N-dealkylation sites (tertiary alicyclic amines) is 2. The third-order valence-corrected chi connectivity index (χ3v) is 5.25. The van der Waals surface area contributed by atoms with Gasteiger partial charge in [0.25, 0.3) is 0 Å². The zero-order valence-corrected chi connectivity index (χ0v) is 13.9. The number of ether oxygens (including phenoxy) is 1. The van der Waals surface area contributed by atoms with Gasteiger partial charge in [0.1, 0.15) is 0 Å². The van der Waals surface area contributed by atoms with Crippen LogP contribution in [0.4, 0.5) is 0 Å². The summed E-state index contributed by atoms with van der Waals surface area (Å²) in [5, 5.41) is 0. The van der Waals surface area contributed by atoms with Crippen molar-refractivity contribution >= 4 is 5.91 Å². The van der Waals surface area contributed by atoms with Crippen LogP contribution in [0.2, 0.25) is 0 Å². The Morgan fingerprint density at radius 2 is 1.90 bits per heavy atom. The molecule has 21 heavy (non-hydrogen) atoms. The van der Waals surface area contributed by atoms with Crippen LogP contribution in [0.3, 0.4) is 0 Å². The third-order valence-electron chi connectivity index (χ3n) is 5.25. The molecule has 0 aromatic heterocycles. The molecule has 2 fully saturated rings. The number of methoxy groups -OCH3 is 1. The number of rotatable bonds is 6. The molecule has 0 aromatic rings. The van der Waals surface area contributed by atoms with Gasteiger partial charge in [0, 0.05) is 26.2 Å². The van der Waals surface area contributed by atoms with Crippen molar-refractivity contribution in [1.29, 1.82) is 0 Å². The highest BCUT2D eigenvalue weighted by Crippen LogP contribution is 2.23. The minimum absolute atomic E-state index is 0.264. The van der Waals surface area contributed by atoms with Crippen LogP contribution in [0.5, 0.6) is 0 Å². The smallest absolute Gasteiger partial charge is 0.224 e. The van der Waals surface area contributed by atoms with Crippen LogP contribution in [0.15, 0.2) is 0 Å². The second-order valence-corrected chi connectivity index (χ2v) is 6.74. The van der Waals surface area contributed by atoms with Gasteiger partial charge in [-0.1, -0.05) is 6.42 Å². The number of hydrogen-bond acceptors (Lipinski definition) is 3. The van der Waals surface area contributed by atoms with Gasteiger partial charge >= 0.3 is 0 Å². The molecule has 0 radical (unpaired) electrons. The molecule has 0 spiro atoms. The fourth-order valence-electron chi connectivity index (χ4n) is 3.66. The van der Waals surface area contributed by atoms with Crippen molar-refractivity contribution in [3.05, 3.63) is 0 Å². The quantitative estimate of drug-likeness (QED) is 0.755. The lowest BCUT2D eigenvalue weighted by Crippen LogP contribution is -2.41. The Morgan fingerprint density at radius 1 is 1.14 bits per heavy atom. The summed E-state index contributed by atoms with van der Waals surface area (Å²) in [7, 11) is 1.65. The summed E-state index contributed by atoms with van der Waals surface area (Å²) in [6.07, 6.45) is 8.35. The molecule has 4 nitrogen and oxygen atoms in total. The predicted octanol–water partition coefficient (Wildman–Crippen LogP) is 2.53. The number of amides is 1. The zero-order valence-electron chi connectivity index (χ0n) is 13.9. The van der Waals surface area contributed by atoms with Crippen molar-refractivity contribution in [2.45, 2.75) is 57.9 Å². The van der Waals surface area contributed by atoms with E-state index in [1.807, 2.05) is 4.90 Å². The van der Waals surface area contributed by atoms with Gasteiger partial charge in [0.05, 0.1) is 13.0 Å². The maximum absolute atomic E-state index is 11.9. The number of nitrogens with zero attached hydrogens (tertiary/aromatic N) is 2. The standard InChI is InChI=1S/C17H32N2O2/c1-15-5-3-4-10-18(15)11-6-16-7-12-19(13-8-16)17(20)9-14-21-2/h15-16H,3-14H2,1-2H3/t15-/m1/s1. The number of carbonyl (C=O) groups is 1. The number of hydrogen-bond donors (Lipinski definition) is 0. The lowest BCUT2D eigenvalue weighted by atomic mass is 9.92. The Bertz CT molecular complexity index is 314. The second-order valence-electron chi connectivity index (χ2n) is 6.74. The van der Waals surface area contributed by atoms with E-state index in [4.69, 9.17) is 4.74 Å². The van der Waals surface area contributed by atoms with Gasteiger partial charge in [-0.15, -0.1) is 0 Å². The van der Waals surface area contributed by atoms with Crippen molar-refractivity contribution in [3.63, 3.8) is 0 Å². The van der Waals surface area contributed by atoms with Gasteiger partial charge in [-0.25, -0.2) is 0 Å². The molecule has 122 valence electrons. The number of piperidine rings is 2. The van der Waals surface area contributed by atoms with Crippen LogP contribution in [0.25, 0.3) is 0 Å². The van der Waals surface area contributed by atoms with Gasteiger partial charge in [0.2, 0.25) is 5.91 Å². The van der Waals surface area contributed by atoms with Crippen molar-refractivity contribution in [2.75, 3.05) is 39.9 Å². The first kappa shape index (κ1) is 16.8. The summed E-state index contributed by atoms with van der Waals surface area (Å²) >= 11 is 0. The van der Waals surface area contributed by atoms with Crippen molar-refractivity contribution < 1.29 is 9.53 Å². The van der Waals surface area contributed by atoms with Crippen molar-refractivity contribution in [1.82, 2.24) is 9.80 Å². The molecule has 0 unspecified atom stereocenters. The Balaban J connectivity index is 1.63. The summed E-state index contributed by atoms with van der Waals surface area (Å²) in [5.41, 5.74) is 0. The molecule has 0 bridgehead atoms. The SMILES string of the molecule is COCCC(=O)N1CCC(CCN2CCCC[C@H]2C)CC1. The maximum atomic E-state index is 11.9. The summed E-state index contributed by atoms with van der Waals surface area (Å²) in [6, 6.07) is 0.773. The van der Waals surface area contributed by atoms with Gasteiger partial charge in [-0.2, -0.15) is 0 Å². The van der Waals surface area contributed by atoms with E-state index >= 15 is 0 Å². The molecule has 2 saturated heterocycles. The summed E-state index contributed by atoms with van der Waals surface area (Å²) in [4.78, 5) is 16.6. The summed E-state index contributed by atoms with van der Waals surface area (Å²) < 4.78 is 4.99.